The van der Waals surface area contributed by atoms with E-state index in [1.165, 1.54) is 38.5 Å². The van der Waals surface area contributed by atoms with Gasteiger partial charge in [0, 0.05) is 23.3 Å². The van der Waals surface area contributed by atoms with Crippen LogP contribution in [-0.2, 0) is 6.54 Å². The van der Waals surface area contributed by atoms with Crippen LogP contribution in [0.25, 0.3) is 0 Å². The van der Waals surface area contributed by atoms with E-state index in [4.69, 9.17) is 0 Å². The molecule has 0 aromatic carbocycles. The van der Waals surface area contributed by atoms with Gasteiger partial charge in [-0.3, -0.25) is 4.98 Å². The van der Waals surface area contributed by atoms with Crippen LogP contribution in [0.2, 0.25) is 0 Å². The zero-order valence-corrected chi connectivity index (χ0v) is 11.2. The van der Waals surface area contributed by atoms with E-state index in [0.717, 1.165) is 16.7 Å². The summed E-state index contributed by atoms with van der Waals surface area (Å²) in [5.41, 5.74) is 1.13. The SMILES string of the molecule is Brc1ccc(CNC2CCCCCC2)nc1. The van der Waals surface area contributed by atoms with Gasteiger partial charge in [-0.2, -0.15) is 0 Å². The molecule has 1 aromatic heterocycles. The van der Waals surface area contributed by atoms with Crippen molar-refractivity contribution < 1.29 is 0 Å². The Hall–Kier alpha value is -0.410. The van der Waals surface area contributed by atoms with Crippen molar-refractivity contribution in [1.82, 2.24) is 10.3 Å². The lowest BCUT2D eigenvalue weighted by molar-refractivity contribution is 0.456. The number of nitrogens with one attached hydrogen (secondary N) is 1. The predicted octanol–water partition coefficient (Wildman–Crippen LogP) is 3.66. The first-order valence-electron chi connectivity index (χ1n) is 6.18. The van der Waals surface area contributed by atoms with Crippen molar-refractivity contribution in [1.29, 1.82) is 0 Å². The average Bonchev–Trinajstić information content (AvgIpc) is 2.57. The quantitative estimate of drug-likeness (QED) is 0.856. The van der Waals surface area contributed by atoms with Crippen LogP contribution in [0.4, 0.5) is 0 Å². The van der Waals surface area contributed by atoms with Gasteiger partial charge in [-0.05, 0) is 40.9 Å². The largest absolute Gasteiger partial charge is 0.308 e. The van der Waals surface area contributed by atoms with Gasteiger partial charge in [0.2, 0.25) is 0 Å². The van der Waals surface area contributed by atoms with Gasteiger partial charge in [-0.25, -0.2) is 0 Å². The van der Waals surface area contributed by atoms with Crippen LogP contribution in [0.5, 0.6) is 0 Å². The molecular weight excluding hydrogens is 264 g/mol. The van der Waals surface area contributed by atoms with Crippen molar-refractivity contribution in [3.8, 4) is 0 Å². The van der Waals surface area contributed by atoms with Crippen LogP contribution in [0, 0.1) is 0 Å². The first-order valence-corrected chi connectivity index (χ1v) is 6.98. The minimum Gasteiger partial charge on any atom is -0.308 e. The third-order valence-electron chi connectivity index (χ3n) is 3.22. The van der Waals surface area contributed by atoms with Crippen molar-refractivity contribution >= 4 is 15.9 Å². The Kier molecular flexibility index (Phi) is 4.79. The Balaban J connectivity index is 1.79. The zero-order valence-electron chi connectivity index (χ0n) is 9.58. The lowest BCUT2D eigenvalue weighted by Crippen LogP contribution is -2.28. The molecule has 2 rings (SSSR count). The number of nitrogens with zero attached hydrogens (tertiary/aromatic N) is 1. The molecule has 2 nitrogen and oxygen atoms in total. The van der Waals surface area contributed by atoms with Gasteiger partial charge in [0.25, 0.3) is 0 Å². The minimum atomic E-state index is 0.702. The molecule has 1 aliphatic rings. The molecule has 0 bridgehead atoms. The molecule has 3 heteroatoms. The van der Waals surface area contributed by atoms with Crippen LogP contribution in [0.15, 0.2) is 22.8 Å². The molecular formula is C13H19BrN2. The highest BCUT2D eigenvalue weighted by molar-refractivity contribution is 9.10. The van der Waals surface area contributed by atoms with Gasteiger partial charge in [0.05, 0.1) is 5.69 Å². The highest BCUT2D eigenvalue weighted by atomic mass is 79.9. The number of hydrogen-bond acceptors (Lipinski definition) is 2. The zero-order chi connectivity index (χ0) is 11.2. The van der Waals surface area contributed by atoms with Gasteiger partial charge >= 0.3 is 0 Å². The minimum absolute atomic E-state index is 0.702. The standard InChI is InChI=1S/C13H19BrN2/c14-11-7-8-13(15-9-11)10-16-12-5-3-1-2-4-6-12/h7-9,12,16H,1-6,10H2. The summed E-state index contributed by atoms with van der Waals surface area (Å²) in [6.07, 6.45) is 10.1. The molecule has 1 aromatic rings. The summed E-state index contributed by atoms with van der Waals surface area (Å²) in [6.45, 7) is 0.901. The fourth-order valence-corrected chi connectivity index (χ4v) is 2.48. The number of pyridine rings is 1. The molecule has 1 heterocycles. The van der Waals surface area contributed by atoms with Crippen molar-refractivity contribution in [3.63, 3.8) is 0 Å². The molecule has 0 radical (unpaired) electrons. The van der Waals surface area contributed by atoms with Crippen molar-refractivity contribution in [2.75, 3.05) is 0 Å². The molecule has 1 saturated carbocycles. The van der Waals surface area contributed by atoms with E-state index in [9.17, 15) is 0 Å². The molecule has 1 aliphatic carbocycles. The predicted molar refractivity (Wildman–Crippen MR) is 70.3 cm³/mol. The summed E-state index contributed by atoms with van der Waals surface area (Å²) >= 11 is 3.40. The first kappa shape index (κ1) is 12.1. The average molecular weight is 283 g/mol. The highest BCUT2D eigenvalue weighted by Crippen LogP contribution is 2.17. The van der Waals surface area contributed by atoms with Crippen LogP contribution in [0.3, 0.4) is 0 Å². The highest BCUT2D eigenvalue weighted by Gasteiger charge is 2.11. The van der Waals surface area contributed by atoms with Gasteiger partial charge < -0.3 is 5.32 Å². The Labute approximate surface area is 106 Å². The smallest absolute Gasteiger partial charge is 0.0542 e. The summed E-state index contributed by atoms with van der Waals surface area (Å²) in [6, 6.07) is 4.83. The van der Waals surface area contributed by atoms with E-state index >= 15 is 0 Å². The van der Waals surface area contributed by atoms with Crippen molar-refractivity contribution in [2.24, 2.45) is 0 Å². The fraction of sp³-hybridized carbons (Fsp3) is 0.615. The maximum absolute atomic E-state index is 4.38. The van der Waals surface area contributed by atoms with Crippen molar-refractivity contribution in [2.45, 2.75) is 51.1 Å². The second-order valence-corrected chi connectivity index (χ2v) is 5.45. The van der Waals surface area contributed by atoms with Crippen LogP contribution in [-0.4, -0.2) is 11.0 Å². The Bertz CT molecular complexity index is 302. The molecule has 0 atom stereocenters. The van der Waals surface area contributed by atoms with E-state index in [1.807, 2.05) is 6.20 Å². The van der Waals surface area contributed by atoms with E-state index in [1.54, 1.807) is 0 Å². The second kappa shape index (κ2) is 6.36. The van der Waals surface area contributed by atoms with Crippen molar-refractivity contribution in [3.05, 3.63) is 28.5 Å². The van der Waals surface area contributed by atoms with E-state index in [0.29, 0.717) is 6.04 Å². The lowest BCUT2D eigenvalue weighted by atomic mass is 10.1. The number of aromatic nitrogens is 1. The summed E-state index contributed by atoms with van der Waals surface area (Å²) in [5, 5.41) is 3.62. The maximum Gasteiger partial charge on any atom is 0.0542 e. The number of hydrogen-bond donors (Lipinski definition) is 1. The van der Waals surface area contributed by atoms with Gasteiger partial charge in [0.15, 0.2) is 0 Å². The fourth-order valence-electron chi connectivity index (χ4n) is 2.24. The van der Waals surface area contributed by atoms with E-state index in [2.05, 4.69) is 38.4 Å². The van der Waals surface area contributed by atoms with Gasteiger partial charge in [-0.1, -0.05) is 25.7 Å². The summed E-state index contributed by atoms with van der Waals surface area (Å²) < 4.78 is 1.05. The third-order valence-corrected chi connectivity index (χ3v) is 3.68. The molecule has 1 N–H and O–H groups in total. The topological polar surface area (TPSA) is 24.9 Å². The Morgan fingerprint density at radius 2 is 1.94 bits per heavy atom. The molecule has 1 fully saturated rings. The maximum atomic E-state index is 4.38. The molecule has 0 unspecified atom stereocenters. The molecule has 0 saturated heterocycles. The summed E-state index contributed by atoms with van der Waals surface area (Å²) in [5.74, 6) is 0. The molecule has 16 heavy (non-hydrogen) atoms. The molecule has 0 amide bonds. The number of rotatable bonds is 3. The molecule has 0 spiro atoms. The van der Waals surface area contributed by atoms with Crippen LogP contribution < -0.4 is 5.32 Å². The molecule has 0 aliphatic heterocycles. The van der Waals surface area contributed by atoms with Crippen LogP contribution >= 0.6 is 15.9 Å². The monoisotopic (exact) mass is 282 g/mol. The molecule has 88 valence electrons. The normalized spacial score (nSPS) is 18.3. The Morgan fingerprint density at radius 1 is 1.19 bits per heavy atom. The summed E-state index contributed by atoms with van der Waals surface area (Å²) in [7, 11) is 0. The second-order valence-electron chi connectivity index (χ2n) is 4.54. The lowest BCUT2D eigenvalue weighted by Gasteiger charge is -2.15. The van der Waals surface area contributed by atoms with E-state index in [-0.39, 0.29) is 0 Å². The number of halogens is 1. The summed E-state index contributed by atoms with van der Waals surface area (Å²) in [4.78, 5) is 4.38. The third kappa shape index (κ3) is 3.87. The van der Waals surface area contributed by atoms with Gasteiger partial charge in [0.1, 0.15) is 0 Å². The van der Waals surface area contributed by atoms with Gasteiger partial charge in [-0.15, -0.1) is 0 Å². The Morgan fingerprint density at radius 3 is 2.56 bits per heavy atom. The van der Waals surface area contributed by atoms with Crippen LogP contribution in [0.1, 0.15) is 44.2 Å². The van der Waals surface area contributed by atoms with E-state index < -0.39 is 0 Å². The first-order chi connectivity index (χ1) is 7.84.